The van der Waals surface area contributed by atoms with Crippen molar-refractivity contribution in [2.45, 2.75) is 207 Å². The van der Waals surface area contributed by atoms with Crippen molar-refractivity contribution in [3.8, 4) is 0 Å². The predicted molar refractivity (Wildman–Crippen MR) is 220 cm³/mol. The van der Waals surface area contributed by atoms with E-state index in [2.05, 4.69) is 20.8 Å². The van der Waals surface area contributed by atoms with Gasteiger partial charge in [0.25, 0.3) is 0 Å². The molecule has 0 radical (unpaired) electrons. The highest BCUT2D eigenvalue weighted by molar-refractivity contribution is 5.18. The van der Waals surface area contributed by atoms with Crippen LogP contribution in [0.4, 0.5) is 0 Å². The molecule has 388 valence electrons. The first kappa shape index (κ1) is 52.4. The van der Waals surface area contributed by atoms with E-state index >= 15 is 0 Å². The summed E-state index contributed by atoms with van der Waals surface area (Å²) in [6, 6.07) is 0. The van der Waals surface area contributed by atoms with Crippen molar-refractivity contribution in [3.63, 3.8) is 0 Å². The van der Waals surface area contributed by atoms with Gasteiger partial charge in [-0.2, -0.15) is 0 Å². The van der Waals surface area contributed by atoms with Crippen molar-refractivity contribution in [2.24, 2.45) is 34.0 Å². The zero-order chi connectivity index (χ0) is 48.7. The maximum atomic E-state index is 11.2. The third-order valence-corrected chi connectivity index (χ3v) is 17.6. The lowest BCUT2D eigenvalue weighted by Crippen LogP contribution is -2.64. The van der Waals surface area contributed by atoms with E-state index in [4.69, 9.17) is 37.9 Å². The third kappa shape index (κ3) is 9.06. The van der Waals surface area contributed by atoms with Crippen molar-refractivity contribution < 1.29 is 114 Å². The molecule has 0 aromatic heterocycles. The number of fused-ring (bicyclic) bond motifs is 3. The Morgan fingerprint density at radius 3 is 1.46 bits per heavy atom. The molecule has 23 heteroatoms. The van der Waals surface area contributed by atoms with E-state index in [1.165, 1.54) is 0 Å². The fourth-order valence-corrected chi connectivity index (χ4v) is 13.9. The van der Waals surface area contributed by atoms with Gasteiger partial charge in [-0.3, -0.25) is 0 Å². The van der Waals surface area contributed by atoms with Crippen LogP contribution in [0.15, 0.2) is 0 Å². The van der Waals surface area contributed by atoms with E-state index in [1.807, 2.05) is 0 Å². The van der Waals surface area contributed by atoms with E-state index in [-0.39, 0.29) is 35.2 Å². The number of aliphatic hydroxyl groups is 15. The summed E-state index contributed by atoms with van der Waals surface area (Å²) in [4.78, 5) is 0. The average Bonchev–Trinajstić information content (AvgIpc) is 3.53. The van der Waals surface area contributed by atoms with Crippen LogP contribution in [0.3, 0.4) is 0 Å². The molecule has 4 heterocycles. The van der Waals surface area contributed by atoms with Gasteiger partial charge in [-0.1, -0.05) is 20.8 Å². The molecular weight excluding hydrogens is 896 g/mol. The van der Waals surface area contributed by atoms with Crippen molar-refractivity contribution >= 4 is 0 Å². The Morgan fingerprint density at radius 2 is 0.940 bits per heavy atom. The van der Waals surface area contributed by atoms with Gasteiger partial charge in [0, 0.05) is 0 Å². The van der Waals surface area contributed by atoms with Gasteiger partial charge in [0.05, 0.1) is 44.7 Å². The maximum absolute atomic E-state index is 11.2. The minimum atomic E-state index is -1.84. The lowest BCUT2D eigenvalue weighted by atomic mass is 9.41. The van der Waals surface area contributed by atoms with Crippen molar-refractivity contribution in [1.82, 2.24) is 0 Å². The highest BCUT2D eigenvalue weighted by atomic mass is 16.8. The topological polar surface area (TPSA) is 377 Å². The lowest BCUT2D eigenvalue weighted by Gasteiger charge is -2.65. The van der Waals surface area contributed by atoms with E-state index in [0.29, 0.717) is 12.8 Å². The Morgan fingerprint density at radius 1 is 0.478 bits per heavy atom. The van der Waals surface area contributed by atoms with Gasteiger partial charge < -0.3 is 114 Å². The van der Waals surface area contributed by atoms with Crippen LogP contribution < -0.4 is 0 Å². The number of ether oxygens (including phenoxy) is 8. The lowest BCUT2D eigenvalue weighted by molar-refractivity contribution is -0.350. The monoisotopic (exact) mass is 970 g/mol. The van der Waals surface area contributed by atoms with Crippen LogP contribution in [-0.2, 0) is 37.9 Å². The first-order chi connectivity index (χ1) is 31.6. The zero-order valence-corrected chi connectivity index (χ0v) is 38.0. The Hall–Kier alpha value is -0.920. The Kier molecular flexibility index (Phi) is 15.5. The molecule has 0 aromatic rings. The van der Waals surface area contributed by atoms with Gasteiger partial charge in [-0.15, -0.1) is 0 Å². The summed E-state index contributed by atoms with van der Waals surface area (Å²) >= 11 is 0. The molecular formula is C44H74O23. The quantitative estimate of drug-likeness (QED) is 0.0765. The summed E-state index contributed by atoms with van der Waals surface area (Å²) in [6.07, 6.45) is -26.5. The van der Waals surface area contributed by atoms with Crippen LogP contribution in [0.25, 0.3) is 0 Å². The summed E-state index contributed by atoms with van der Waals surface area (Å²) in [5, 5.41) is 158. The molecule has 1 spiro atoms. The van der Waals surface area contributed by atoms with Gasteiger partial charge in [0.2, 0.25) is 0 Å². The molecule has 2 bridgehead atoms. The van der Waals surface area contributed by atoms with Crippen LogP contribution in [0.5, 0.6) is 0 Å². The highest BCUT2D eigenvalue weighted by Gasteiger charge is 2.69. The molecule has 0 unspecified atom stereocenters. The normalized spacial score (nSPS) is 55.4. The molecule has 8 rings (SSSR count). The smallest absolute Gasteiger partial charge is 0.187 e. The van der Waals surface area contributed by atoms with Gasteiger partial charge in [0.15, 0.2) is 25.2 Å². The molecule has 27 atom stereocenters. The molecule has 4 saturated carbocycles. The summed E-state index contributed by atoms with van der Waals surface area (Å²) in [5.74, 6) is 0.261. The second kappa shape index (κ2) is 19.8. The Balaban J connectivity index is 0.899. The number of rotatable bonds is 13. The zero-order valence-electron chi connectivity index (χ0n) is 38.0. The first-order valence-corrected chi connectivity index (χ1v) is 23.8. The molecule has 4 saturated heterocycles. The van der Waals surface area contributed by atoms with E-state index < -0.39 is 166 Å². The fraction of sp³-hybridized carbons (Fsp3) is 1.00. The summed E-state index contributed by atoms with van der Waals surface area (Å²) in [6.45, 7) is 3.70. The van der Waals surface area contributed by atoms with Gasteiger partial charge in [-0.25, -0.2) is 0 Å². The number of hydrogen-bond donors (Lipinski definition) is 15. The third-order valence-electron chi connectivity index (χ3n) is 17.6. The molecule has 0 aromatic carbocycles. The predicted octanol–water partition coefficient (Wildman–Crippen LogP) is -5.59. The standard InChI is InChI=1S/C44H74O23/c1-41(2)22-6-9-43-10-17(44(15-43,16-47)67-40-36(59)30(53)26(49)19(12-46)63-40)4-5-23(43)42(22,3)8-7-24(41)66-39-35(58)32(55)28(51)21(65-39)14-61-38-34(57)31(54)27(50)20(64-38)13-60-37-33(56)29(52)25(48)18(11-45)62-37/h17-40,45-59H,4-16H2,1-3H3/t17-,18-,19-,20-,21-,22-,23+,24+,25-,26-,27-,28-,29+,30+,31+,32+,33-,34-,35-,36-,37-,38-,39+,40+,42-,43+,44-/m1/s1. The molecule has 67 heavy (non-hydrogen) atoms. The number of hydrogen-bond acceptors (Lipinski definition) is 23. The first-order valence-electron chi connectivity index (χ1n) is 23.8. The minimum absolute atomic E-state index is 0.0670. The van der Waals surface area contributed by atoms with Crippen molar-refractivity contribution in [3.05, 3.63) is 0 Å². The minimum Gasteiger partial charge on any atom is -0.394 e. The van der Waals surface area contributed by atoms with E-state index in [9.17, 15) is 76.6 Å². The second-order valence-electron chi connectivity index (χ2n) is 21.6. The summed E-state index contributed by atoms with van der Waals surface area (Å²) in [7, 11) is 0. The largest absolute Gasteiger partial charge is 0.394 e. The maximum Gasteiger partial charge on any atom is 0.187 e. The molecule has 8 fully saturated rings. The van der Waals surface area contributed by atoms with Crippen LogP contribution in [0.1, 0.15) is 72.1 Å². The van der Waals surface area contributed by atoms with E-state index in [1.54, 1.807) is 0 Å². The van der Waals surface area contributed by atoms with Gasteiger partial charge in [0.1, 0.15) is 97.7 Å². The molecule has 15 N–H and O–H groups in total. The molecule has 4 aliphatic carbocycles. The van der Waals surface area contributed by atoms with Crippen LogP contribution >= 0.6 is 0 Å². The summed E-state index contributed by atoms with van der Waals surface area (Å²) < 4.78 is 47.1. The molecule has 0 amide bonds. The molecule has 8 aliphatic rings. The summed E-state index contributed by atoms with van der Waals surface area (Å²) in [5.41, 5.74) is -2.01. The van der Waals surface area contributed by atoms with Crippen LogP contribution in [-0.4, -0.2) is 244 Å². The SMILES string of the molecule is CC1(C)[C@@H](O[C@@H]2O[C@H](CO[C@@H]3O[C@H](CO[C@@H]4O[C@H](CO)[C@@H](O)[C@H](O)[C@H]4O)[C@@H](O)[C@H](O)[C@H]3O)[C@@H](O)[C@H](O)[C@H]2O)CC[C@]2(C)[C@@H]1CC[C@@]13C[C@@H](CC[C@H]12)[C@@](CO)(O[C@@H]1O[C@H](CO)[C@@H](O)[C@H](O)[C@H]1O)C3. The second-order valence-corrected chi connectivity index (χ2v) is 21.6. The highest BCUT2D eigenvalue weighted by Crippen LogP contribution is 2.73. The van der Waals surface area contributed by atoms with Crippen LogP contribution in [0.2, 0.25) is 0 Å². The van der Waals surface area contributed by atoms with Crippen LogP contribution in [0, 0.1) is 34.0 Å². The van der Waals surface area contributed by atoms with Gasteiger partial charge >= 0.3 is 0 Å². The Labute approximate surface area is 387 Å². The Bertz CT molecular complexity index is 1660. The van der Waals surface area contributed by atoms with Crippen molar-refractivity contribution in [2.75, 3.05) is 33.0 Å². The fourth-order valence-electron chi connectivity index (χ4n) is 13.9. The molecule has 4 aliphatic heterocycles. The van der Waals surface area contributed by atoms with E-state index in [0.717, 1.165) is 38.5 Å². The average molecular weight is 971 g/mol. The number of aliphatic hydroxyl groups excluding tert-OH is 15. The van der Waals surface area contributed by atoms with Crippen molar-refractivity contribution in [1.29, 1.82) is 0 Å². The van der Waals surface area contributed by atoms with Gasteiger partial charge in [-0.05, 0) is 85.4 Å². The molecule has 23 nitrogen and oxygen atoms in total.